The first-order valence-corrected chi connectivity index (χ1v) is 4.76. The summed E-state index contributed by atoms with van der Waals surface area (Å²) >= 11 is 0. The Kier molecular flexibility index (Phi) is 2.35. The van der Waals surface area contributed by atoms with E-state index in [4.69, 9.17) is 5.73 Å². The summed E-state index contributed by atoms with van der Waals surface area (Å²) in [4.78, 5) is 14.9. The van der Waals surface area contributed by atoms with Crippen LogP contribution < -0.4 is 11.1 Å². The minimum Gasteiger partial charge on any atom is -0.368 e. The van der Waals surface area contributed by atoms with Crippen LogP contribution in [0.1, 0.15) is 17.7 Å². The molecule has 1 aliphatic carbocycles. The lowest BCUT2D eigenvalue weighted by Crippen LogP contribution is -2.22. The molecule has 1 aromatic rings. The van der Waals surface area contributed by atoms with E-state index >= 15 is 0 Å². The normalized spacial score (nSPS) is 13.7. The molecule has 0 spiro atoms. The van der Waals surface area contributed by atoms with Crippen molar-refractivity contribution in [2.24, 2.45) is 5.73 Å². The van der Waals surface area contributed by atoms with E-state index in [0.29, 0.717) is 0 Å². The predicted octanol–water partition coefficient (Wildman–Crippen LogP) is 0.467. The minimum absolute atomic E-state index is 0.145. The average molecular weight is 191 g/mol. The molecule has 2 rings (SSSR count). The fraction of sp³-hybridized carbons (Fsp3) is 0.400. The summed E-state index contributed by atoms with van der Waals surface area (Å²) in [7, 11) is 0. The Morgan fingerprint density at radius 1 is 1.50 bits per heavy atom. The standard InChI is InChI=1S/C10H13N3O/c11-9(14)6-12-10-5-4-7-2-1-3-8(7)13-10/h4-5H,1-3,6H2,(H2,11,14)(H,12,13). The SMILES string of the molecule is NC(=O)CNc1ccc2c(n1)CCC2. The smallest absolute Gasteiger partial charge is 0.236 e. The maximum atomic E-state index is 10.5. The van der Waals surface area contributed by atoms with Gasteiger partial charge in [0.15, 0.2) is 0 Å². The van der Waals surface area contributed by atoms with E-state index in [1.165, 1.54) is 12.0 Å². The van der Waals surface area contributed by atoms with Crippen LogP contribution in [0.5, 0.6) is 0 Å². The van der Waals surface area contributed by atoms with Crippen LogP contribution in [0.4, 0.5) is 5.82 Å². The number of hydrogen-bond donors (Lipinski definition) is 2. The van der Waals surface area contributed by atoms with Crippen molar-refractivity contribution in [3.8, 4) is 0 Å². The number of aromatic nitrogens is 1. The number of aryl methyl sites for hydroxylation is 2. The Labute approximate surface area is 82.5 Å². The van der Waals surface area contributed by atoms with Crippen LogP contribution in [0.2, 0.25) is 0 Å². The van der Waals surface area contributed by atoms with E-state index in [9.17, 15) is 4.79 Å². The molecule has 0 bridgehead atoms. The van der Waals surface area contributed by atoms with Gasteiger partial charge in [-0.25, -0.2) is 4.98 Å². The van der Waals surface area contributed by atoms with Gasteiger partial charge in [-0.3, -0.25) is 4.79 Å². The van der Waals surface area contributed by atoms with Crippen LogP contribution in [0.3, 0.4) is 0 Å². The second-order valence-corrected chi connectivity index (χ2v) is 3.48. The first kappa shape index (κ1) is 8.99. The Bertz CT molecular complexity index is 362. The molecule has 0 aromatic carbocycles. The number of rotatable bonds is 3. The maximum Gasteiger partial charge on any atom is 0.236 e. The lowest BCUT2D eigenvalue weighted by atomic mass is 10.2. The molecular formula is C10H13N3O. The lowest BCUT2D eigenvalue weighted by Gasteiger charge is -2.04. The Morgan fingerprint density at radius 2 is 2.36 bits per heavy atom. The summed E-state index contributed by atoms with van der Waals surface area (Å²) in [5, 5.41) is 2.89. The predicted molar refractivity (Wildman–Crippen MR) is 53.9 cm³/mol. The minimum atomic E-state index is -0.368. The number of anilines is 1. The van der Waals surface area contributed by atoms with Crippen molar-refractivity contribution in [3.63, 3.8) is 0 Å². The largest absolute Gasteiger partial charge is 0.368 e. The van der Waals surface area contributed by atoms with Gasteiger partial charge in [-0.15, -0.1) is 0 Å². The number of fused-ring (bicyclic) bond motifs is 1. The van der Waals surface area contributed by atoms with Crippen molar-refractivity contribution in [1.82, 2.24) is 4.98 Å². The summed E-state index contributed by atoms with van der Waals surface area (Å²) < 4.78 is 0. The molecule has 0 saturated carbocycles. The lowest BCUT2D eigenvalue weighted by molar-refractivity contribution is -0.116. The molecular weight excluding hydrogens is 178 g/mol. The molecule has 0 saturated heterocycles. The van der Waals surface area contributed by atoms with E-state index < -0.39 is 0 Å². The van der Waals surface area contributed by atoms with Crippen molar-refractivity contribution in [2.75, 3.05) is 11.9 Å². The molecule has 1 amide bonds. The second-order valence-electron chi connectivity index (χ2n) is 3.48. The molecule has 4 nitrogen and oxygen atoms in total. The zero-order chi connectivity index (χ0) is 9.97. The maximum absolute atomic E-state index is 10.5. The first-order valence-electron chi connectivity index (χ1n) is 4.76. The van der Waals surface area contributed by atoms with Gasteiger partial charge in [-0.05, 0) is 30.9 Å². The molecule has 14 heavy (non-hydrogen) atoms. The average Bonchev–Trinajstić information content (AvgIpc) is 2.61. The fourth-order valence-electron chi connectivity index (χ4n) is 1.70. The van der Waals surface area contributed by atoms with Gasteiger partial charge in [0.1, 0.15) is 5.82 Å². The number of pyridine rings is 1. The highest BCUT2D eigenvalue weighted by molar-refractivity contribution is 5.78. The second kappa shape index (κ2) is 3.65. The number of nitrogens with zero attached hydrogens (tertiary/aromatic N) is 1. The molecule has 1 heterocycles. The third-order valence-corrected chi connectivity index (χ3v) is 2.37. The third-order valence-electron chi connectivity index (χ3n) is 2.37. The van der Waals surface area contributed by atoms with Gasteiger partial charge in [0.05, 0.1) is 6.54 Å². The zero-order valence-electron chi connectivity index (χ0n) is 7.92. The van der Waals surface area contributed by atoms with Crippen LogP contribution in [0, 0.1) is 0 Å². The molecule has 4 heteroatoms. The summed E-state index contributed by atoms with van der Waals surface area (Å²) in [5.41, 5.74) is 7.50. The van der Waals surface area contributed by atoms with Gasteiger partial charge in [0, 0.05) is 5.69 Å². The van der Waals surface area contributed by atoms with Crippen molar-refractivity contribution >= 4 is 11.7 Å². The molecule has 0 unspecified atom stereocenters. The number of carbonyl (C=O) groups is 1. The molecule has 0 aliphatic heterocycles. The number of amides is 1. The van der Waals surface area contributed by atoms with E-state index in [2.05, 4.69) is 16.4 Å². The first-order chi connectivity index (χ1) is 6.75. The quantitative estimate of drug-likeness (QED) is 0.729. The summed E-state index contributed by atoms with van der Waals surface area (Å²) in [6.45, 7) is 0.145. The highest BCUT2D eigenvalue weighted by Crippen LogP contribution is 2.21. The third kappa shape index (κ3) is 1.84. The van der Waals surface area contributed by atoms with Gasteiger partial charge in [0.25, 0.3) is 0 Å². The van der Waals surface area contributed by atoms with Gasteiger partial charge in [-0.1, -0.05) is 6.07 Å². The highest BCUT2D eigenvalue weighted by Gasteiger charge is 2.12. The summed E-state index contributed by atoms with van der Waals surface area (Å²) in [6.07, 6.45) is 3.35. The fourth-order valence-corrected chi connectivity index (χ4v) is 1.70. The number of nitrogens with one attached hydrogen (secondary N) is 1. The van der Waals surface area contributed by atoms with Crippen LogP contribution in [-0.2, 0) is 17.6 Å². The molecule has 1 aliphatic rings. The Hall–Kier alpha value is -1.58. The van der Waals surface area contributed by atoms with E-state index in [1.807, 2.05) is 6.07 Å². The Balaban J connectivity index is 2.09. The molecule has 3 N–H and O–H groups in total. The van der Waals surface area contributed by atoms with E-state index in [1.54, 1.807) is 0 Å². The van der Waals surface area contributed by atoms with E-state index in [-0.39, 0.29) is 12.5 Å². The summed E-state index contributed by atoms with van der Waals surface area (Å²) in [6, 6.07) is 3.96. The van der Waals surface area contributed by atoms with Crippen LogP contribution >= 0.6 is 0 Å². The Morgan fingerprint density at radius 3 is 3.14 bits per heavy atom. The van der Waals surface area contributed by atoms with Crippen LogP contribution in [0.15, 0.2) is 12.1 Å². The highest BCUT2D eigenvalue weighted by atomic mass is 16.1. The van der Waals surface area contributed by atoms with E-state index in [0.717, 1.165) is 24.4 Å². The number of nitrogens with two attached hydrogens (primary N) is 1. The summed E-state index contributed by atoms with van der Waals surface area (Å²) in [5.74, 6) is 0.372. The molecule has 0 radical (unpaired) electrons. The van der Waals surface area contributed by atoms with Gasteiger partial charge in [-0.2, -0.15) is 0 Å². The number of primary amides is 1. The zero-order valence-corrected chi connectivity index (χ0v) is 7.92. The number of hydrogen-bond acceptors (Lipinski definition) is 3. The van der Waals surface area contributed by atoms with Crippen molar-refractivity contribution in [1.29, 1.82) is 0 Å². The molecule has 74 valence electrons. The van der Waals surface area contributed by atoms with Crippen molar-refractivity contribution in [3.05, 3.63) is 23.4 Å². The molecule has 0 fully saturated rings. The van der Waals surface area contributed by atoms with Crippen molar-refractivity contribution < 1.29 is 4.79 Å². The van der Waals surface area contributed by atoms with Gasteiger partial charge < -0.3 is 11.1 Å². The van der Waals surface area contributed by atoms with Crippen LogP contribution in [0.25, 0.3) is 0 Å². The van der Waals surface area contributed by atoms with Crippen molar-refractivity contribution in [2.45, 2.75) is 19.3 Å². The van der Waals surface area contributed by atoms with Gasteiger partial charge in [0.2, 0.25) is 5.91 Å². The van der Waals surface area contributed by atoms with Gasteiger partial charge >= 0.3 is 0 Å². The van der Waals surface area contributed by atoms with Crippen LogP contribution in [-0.4, -0.2) is 17.4 Å². The molecule has 1 aromatic heterocycles. The topological polar surface area (TPSA) is 68.0 Å². The number of carbonyl (C=O) groups excluding carboxylic acids is 1. The molecule has 0 atom stereocenters. The monoisotopic (exact) mass is 191 g/mol.